The minimum Gasteiger partial charge on any atom is -0.460 e. The Labute approximate surface area is 169 Å². The molecule has 1 aliphatic carbocycles. The number of carbonyl (C=O) groups is 1. The quantitative estimate of drug-likeness (QED) is 0.453. The molecule has 0 saturated carbocycles. The molecule has 0 atom stereocenters. The third-order valence-electron chi connectivity index (χ3n) is 5.08. The molecule has 1 aliphatic rings. The second-order valence-corrected chi connectivity index (χ2v) is 7.28. The van der Waals surface area contributed by atoms with E-state index in [4.69, 9.17) is 21.9 Å². The van der Waals surface area contributed by atoms with E-state index in [0.717, 1.165) is 37.1 Å². The molecule has 0 N–H and O–H groups in total. The number of nitrogens with zero attached hydrogens (tertiary/aromatic N) is 2. The van der Waals surface area contributed by atoms with Gasteiger partial charge in [0.05, 0.1) is 12.1 Å². The van der Waals surface area contributed by atoms with Gasteiger partial charge in [0.1, 0.15) is 17.1 Å². The van der Waals surface area contributed by atoms with Crippen molar-refractivity contribution < 1.29 is 9.53 Å². The van der Waals surface area contributed by atoms with Crippen LogP contribution in [0.4, 0.5) is 0 Å². The molecular formula is C23H22N2O2S. The Morgan fingerprint density at radius 2 is 1.68 bits per heavy atom. The fourth-order valence-electron chi connectivity index (χ4n) is 3.71. The Bertz CT molecular complexity index is 1030. The molecule has 3 aromatic rings. The Hall–Kier alpha value is -2.79. The number of hydrogen-bond donors (Lipinski definition) is 0. The Kier molecular flexibility index (Phi) is 5.63. The zero-order chi connectivity index (χ0) is 19.3. The zero-order valence-corrected chi connectivity index (χ0v) is 16.5. The molecule has 0 aliphatic heterocycles. The predicted molar refractivity (Wildman–Crippen MR) is 112 cm³/mol. The summed E-state index contributed by atoms with van der Waals surface area (Å²) in [5.74, 6) is 0.547. The molecule has 4 nitrogen and oxygen atoms in total. The Morgan fingerprint density at radius 3 is 2.43 bits per heavy atom. The van der Waals surface area contributed by atoms with Gasteiger partial charge >= 0.3 is 5.97 Å². The largest absolute Gasteiger partial charge is 0.460 e. The topological polar surface area (TPSA) is 44.1 Å². The van der Waals surface area contributed by atoms with Crippen LogP contribution in [-0.2, 0) is 24.1 Å². The van der Waals surface area contributed by atoms with Crippen molar-refractivity contribution in [1.29, 1.82) is 0 Å². The van der Waals surface area contributed by atoms with Crippen LogP contribution in [0.3, 0.4) is 0 Å². The summed E-state index contributed by atoms with van der Waals surface area (Å²) in [4.78, 5) is 17.0. The molecular weight excluding hydrogens is 368 g/mol. The van der Waals surface area contributed by atoms with Crippen LogP contribution in [0.25, 0.3) is 11.4 Å². The van der Waals surface area contributed by atoms with Crippen LogP contribution in [0, 0.1) is 4.64 Å². The van der Waals surface area contributed by atoms with Gasteiger partial charge in [-0.2, -0.15) is 0 Å². The van der Waals surface area contributed by atoms with Crippen LogP contribution in [0.15, 0.2) is 60.7 Å². The van der Waals surface area contributed by atoms with Gasteiger partial charge in [-0.25, -0.2) is 9.78 Å². The van der Waals surface area contributed by atoms with Crippen LogP contribution < -0.4 is 0 Å². The molecule has 1 heterocycles. The fraction of sp³-hybridized carbons (Fsp3) is 0.261. The van der Waals surface area contributed by atoms with E-state index in [2.05, 4.69) is 4.57 Å². The van der Waals surface area contributed by atoms with Gasteiger partial charge < -0.3 is 9.30 Å². The summed E-state index contributed by atoms with van der Waals surface area (Å²) >= 11 is 5.59. The van der Waals surface area contributed by atoms with Gasteiger partial charge in [0.25, 0.3) is 0 Å². The van der Waals surface area contributed by atoms with Crippen molar-refractivity contribution in [2.75, 3.05) is 6.61 Å². The van der Waals surface area contributed by atoms with E-state index in [1.165, 1.54) is 11.3 Å². The lowest BCUT2D eigenvalue weighted by molar-refractivity contribution is 0.0490. The normalized spacial score (nSPS) is 13.0. The van der Waals surface area contributed by atoms with Crippen LogP contribution in [0.5, 0.6) is 0 Å². The van der Waals surface area contributed by atoms with Gasteiger partial charge in [-0.15, -0.1) is 0 Å². The lowest BCUT2D eigenvalue weighted by atomic mass is 9.96. The summed E-state index contributed by atoms with van der Waals surface area (Å²) in [5, 5.41) is 0. The summed E-state index contributed by atoms with van der Waals surface area (Å²) in [7, 11) is 0. The summed E-state index contributed by atoms with van der Waals surface area (Å²) in [6.07, 6.45) is 4.24. The van der Waals surface area contributed by atoms with E-state index < -0.39 is 0 Å². The first-order valence-electron chi connectivity index (χ1n) is 9.64. The Morgan fingerprint density at radius 1 is 1.00 bits per heavy atom. The highest BCUT2D eigenvalue weighted by Crippen LogP contribution is 2.27. The highest BCUT2D eigenvalue weighted by Gasteiger charge is 2.19. The first kappa shape index (κ1) is 18.6. The minimum absolute atomic E-state index is 0.295. The average molecular weight is 391 g/mol. The zero-order valence-electron chi connectivity index (χ0n) is 15.6. The molecule has 5 heteroatoms. The van der Waals surface area contributed by atoms with Crippen molar-refractivity contribution in [3.8, 4) is 11.4 Å². The van der Waals surface area contributed by atoms with E-state index in [9.17, 15) is 4.79 Å². The maximum absolute atomic E-state index is 12.3. The Balaban J connectivity index is 1.63. The monoisotopic (exact) mass is 390 g/mol. The van der Waals surface area contributed by atoms with Crippen LogP contribution >= 0.6 is 12.2 Å². The molecule has 0 unspecified atom stereocenters. The first-order chi connectivity index (χ1) is 13.7. The highest BCUT2D eigenvalue weighted by atomic mass is 32.1. The summed E-state index contributed by atoms with van der Waals surface area (Å²) in [6.45, 7) is 0.858. The van der Waals surface area contributed by atoms with Crippen molar-refractivity contribution in [3.05, 3.63) is 82.1 Å². The highest BCUT2D eigenvalue weighted by molar-refractivity contribution is 7.71. The number of hydrogen-bond acceptors (Lipinski definition) is 4. The van der Waals surface area contributed by atoms with Crippen LogP contribution in [-0.4, -0.2) is 22.1 Å². The van der Waals surface area contributed by atoms with Gasteiger partial charge in [-0.05, 0) is 37.8 Å². The number of rotatable bonds is 5. The summed E-state index contributed by atoms with van der Waals surface area (Å²) < 4.78 is 8.42. The number of benzene rings is 2. The second kappa shape index (κ2) is 8.48. The van der Waals surface area contributed by atoms with E-state index >= 15 is 0 Å². The molecule has 0 bridgehead atoms. The minimum atomic E-state index is -0.302. The summed E-state index contributed by atoms with van der Waals surface area (Å²) in [5.41, 5.74) is 4.00. The smallest absolute Gasteiger partial charge is 0.338 e. The van der Waals surface area contributed by atoms with E-state index in [0.29, 0.717) is 23.4 Å². The predicted octanol–water partition coefficient (Wildman–Crippen LogP) is 5.02. The fourth-order valence-corrected chi connectivity index (χ4v) is 4.01. The molecule has 0 radical (unpaired) electrons. The number of fused-ring (bicyclic) bond motifs is 1. The maximum Gasteiger partial charge on any atom is 0.338 e. The van der Waals surface area contributed by atoms with Gasteiger partial charge in [0.15, 0.2) is 0 Å². The van der Waals surface area contributed by atoms with Crippen LogP contribution in [0.1, 0.15) is 34.5 Å². The number of ether oxygens (including phenoxy) is 1. The molecule has 0 fully saturated rings. The van der Waals surface area contributed by atoms with Crippen molar-refractivity contribution in [2.45, 2.75) is 32.2 Å². The first-order valence-corrected chi connectivity index (χ1v) is 10.0. The molecule has 4 rings (SSSR count). The molecule has 0 amide bonds. The third-order valence-corrected chi connectivity index (χ3v) is 5.41. The SMILES string of the molecule is O=C(OCCn1c(-c2ccccc2)nc(=S)c2c1CCCC2)c1ccccc1. The number of carbonyl (C=O) groups excluding carboxylic acids is 1. The average Bonchev–Trinajstić information content (AvgIpc) is 2.76. The summed E-state index contributed by atoms with van der Waals surface area (Å²) in [6, 6.07) is 19.1. The molecule has 0 spiro atoms. The number of esters is 1. The van der Waals surface area contributed by atoms with Crippen molar-refractivity contribution in [3.63, 3.8) is 0 Å². The lowest BCUT2D eigenvalue weighted by Crippen LogP contribution is -2.21. The van der Waals surface area contributed by atoms with E-state index in [1.54, 1.807) is 12.1 Å². The van der Waals surface area contributed by atoms with Crippen molar-refractivity contribution >= 4 is 18.2 Å². The van der Waals surface area contributed by atoms with Gasteiger partial charge in [0.2, 0.25) is 0 Å². The standard InChI is InChI=1S/C23H22N2O2S/c26-23(18-11-5-2-6-12-18)27-16-15-25-20-14-8-7-13-19(20)22(28)24-21(25)17-9-3-1-4-10-17/h1-6,9-12H,7-8,13-16H2. The van der Waals surface area contributed by atoms with Gasteiger partial charge in [-0.3, -0.25) is 0 Å². The van der Waals surface area contributed by atoms with E-state index in [1.807, 2.05) is 48.5 Å². The molecule has 2 aromatic carbocycles. The van der Waals surface area contributed by atoms with E-state index in [-0.39, 0.29) is 5.97 Å². The number of aromatic nitrogens is 2. The van der Waals surface area contributed by atoms with Gasteiger partial charge in [-0.1, -0.05) is 60.7 Å². The van der Waals surface area contributed by atoms with Crippen molar-refractivity contribution in [1.82, 2.24) is 9.55 Å². The second-order valence-electron chi connectivity index (χ2n) is 6.89. The van der Waals surface area contributed by atoms with Gasteiger partial charge in [0, 0.05) is 16.8 Å². The molecule has 142 valence electrons. The maximum atomic E-state index is 12.3. The third kappa shape index (κ3) is 3.90. The van der Waals surface area contributed by atoms with Crippen LogP contribution in [0.2, 0.25) is 0 Å². The van der Waals surface area contributed by atoms with Crippen molar-refractivity contribution in [2.24, 2.45) is 0 Å². The lowest BCUT2D eigenvalue weighted by Gasteiger charge is -2.24. The molecule has 28 heavy (non-hydrogen) atoms. The molecule has 0 saturated heterocycles. The molecule has 1 aromatic heterocycles.